The first kappa shape index (κ1) is 8.96. The summed E-state index contributed by atoms with van der Waals surface area (Å²) in [5, 5.41) is 0. The number of benzene rings is 1. The molecular weight excluding hydrogens is 284 g/mol. The van der Waals surface area contributed by atoms with Crippen LogP contribution in [0.1, 0.15) is 37.7 Å². The SMILES string of the molecule is [2H]C([2H])([2H])C1=Cn2c(nc3cc(-c4cc(C)nc[n+]4C)c(C)c(C([2H])([2H])[2H])c32)C1. The van der Waals surface area contributed by atoms with Gasteiger partial charge in [-0.2, -0.15) is 0 Å². The van der Waals surface area contributed by atoms with Crippen LogP contribution in [0.4, 0.5) is 0 Å². The van der Waals surface area contributed by atoms with Crippen LogP contribution in [0.5, 0.6) is 0 Å². The van der Waals surface area contributed by atoms with Crippen LogP contribution in [0, 0.1) is 20.7 Å². The van der Waals surface area contributed by atoms with Crippen LogP contribution in [-0.2, 0) is 13.5 Å². The van der Waals surface area contributed by atoms with Gasteiger partial charge in [0.1, 0.15) is 11.5 Å². The van der Waals surface area contributed by atoms with Gasteiger partial charge in [-0.05, 0) is 43.4 Å². The third-order valence-electron chi connectivity index (χ3n) is 4.38. The number of hydrogen-bond acceptors (Lipinski definition) is 2. The summed E-state index contributed by atoms with van der Waals surface area (Å²) >= 11 is 0. The summed E-state index contributed by atoms with van der Waals surface area (Å²) in [6, 6.07) is 3.79. The van der Waals surface area contributed by atoms with E-state index in [9.17, 15) is 0 Å². The Hall–Kier alpha value is -2.49. The number of imidazole rings is 1. The summed E-state index contributed by atoms with van der Waals surface area (Å²) < 4.78 is 51.0. The molecule has 0 unspecified atom stereocenters. The molecule has 0 saturated carbocycles. The van der Waals surface area contributed by atoms with E-state index in [-0.39, 0.29) is 17.6 Å². The lowest BCUT2D eigenvalue weighted by Crippen LogP contribution is -2.31. The summed E-state index contributed by atoms with van der Waals surface area (Å²) in [4.78, 5) is 8.87. The lowest BCUT2D eigenvalue weighted by atomic mass is 9.98. The van der Waals surface area contributed by atoms with Crippen molar-refractivity contribution in [3.05, 3.63) is 46.7 Å². The minimum Gasteiger partial charge on any atom is -0.303 e. The quantitative estimate of drug-likeness (QED) is 0.647. The molecule has 3 heterocycles. The summed E-state index contributed by atoms with van der Waals surface area (Å²) in [5.41, 5.74) is 4.51. The minimum atomic E-state index is -2.38. The Morgan fingerprint density at radius 2 is 2.09 bits per heavy atom. The summed E-state index contributed by atoms with van der Waals surface area (Å²) in [5.74, 6) is 0.545. The molecule has 0 atom stereocenters. The molecule has 1 aromatic carbocycles. The molecule has 1 aliphatic heterocycles. The highest BCUT2D eigenvalue weighted by Gasteiger charge is 2.21. The lowest BCUT2D eigenvalue weighted by Gasteiger charge is -2.11. The minimum absolute atomic E-state index is 0.183. The maximum atomic E-state index is 8.17. The zero-order valence-corrected chi connectivity index (χ0v) is 13.3. The van der Waals surface area contributed by atoms with Crippen LogP contribution in [-0.4, -0.2) is 14.5 Å². The molecule has 23 heavy (non-hydrogen) atoms. The predicted molar refractivity (Wildman–Crippen MR) is 92.0 cm³/mol. The Kier molecular flexibility index (Phi) is 1.85. The number of hydrogen-bond donors (Lipinski definition) is 0. The lowest BCUT2D eigenvalue weighted by molar-refractivity contribution is -0.663. The summed E-state index contributed by atoms with van der Waals surface area (Å²) in [6.07, 6.45) is 3.40. The largest absolute Gasteiger partial charge is 0.303 e. The molecule has 116 valence electrons. The zero-order valence-electron chi connectivity index (χ0n) is 19.3. The fourth-order valence-corrected chi connectivity index (χ4v) is 3.15. The zero-order chi connectivity index (χ0) is 21.3. The van der Waals surface area contributed by atoms with Crippen LogP contribution in [0.15, 0.2) is 24.0 Å². The van der Waals surface area contributed by atoms with Crippen LogP contribution >= 0.6 is 0 Å². The van der Waals surface area contributed by atoms with Crippen molar-refractivity contribution in [2.24, 2.45) is 7.05 Å². The molecule has 0 bridgehead atoms. The average molecular weight is 311 g/mol. The summed E-state index contributed by atoms with van der Waals surface area (Å²) in [7, 11) is 1.86. The maximum Gasteiger partial charge on any atom is 0.286 e. The van der Waals surface area contributed by atoms with E-state index in [0.717, 1.165) is 17.0 Å². The van der Waals surface area contributed by atoms with Gasteiger partial charge in [0.25, 0.3) is 6.33 Å². The second-order valence-electron chi connectivity index (χ2n) is 6.05. The molecule has 4 nitrogen and oxygen atoms in total. The highest BCUT2D eigenvalue weighted by molar-refractivity contribution is 5.89. The fourth-order valence-electron chi connectivity index (χ4n) is 3.15. The Bertz CT molecular complexity index is 1180. The van der Waals surface area contributed by atoms with Crippen LogP contribution < -0.4 is 4.57 Å². The van der Waals surface area contributed by atoms with Crippen LogP contribution in [0.3, 0.4) is 0 Å². The van der Waals surface area contributed by atoms with Crippen LogP contribution in [0.2, 0.25) is 0 Å². The van der Waals surface area contributed by atoms with Crippen molar-refractivity contribution in [1.82, 2.24) is 14.5 Å². The van der Waals surface area contributed by atoms with E-state index >= 15 is 0 Å². The second kappa shape index (κ2) is 4.75. The number of aryl methyl sites for hydroxylation is 3. The van der Waals surface area contributed by atoms with E-state index in [2.05, 4.69) is 9.97 Å². The van der Waals surface area contributed by atoms with Gasteiger partial charge in [-0.3, -0.25) is 0 Å². The van der Waals surface area contributed by atoms with Gasteiger partial charge >= 0.3 is 0 Å². The molecule has 4 rings (SSSR count). The average Bonchev–Trinajstić information content (AvgIpc) is 3.13. The highest BCUT2D eigenvalue weighted by Crippen LogP contribution is 2.33. The standard InChI is InChI=1S/C19H21N4/c1-11-6-18-21-16-8-15(17-7-12(2)20-10-22(17)5)13(3)14(4)19(16)23(18)9-11/h7-10H,6H2,1-5H3/q+1/i1D3,4D3. The van der Waals surface area contributed by atoms with Crippen molar-refractivity contribution in [1.29, 1.82) is 0 Å². The Balaban J connectivity index is 2.07. The Morgan fingerprint density at radius 1 is 1.22 bits per heavy atom. The van der Waals surface area contributed by atoms with Gasteiger partial charge in [0, 0.05) is 39.4 Å². The van der Waals surface area contributed by atoms with Gasteiger partial charge in [0.05, 0.1) is 18.1 Å². The maximum absolute atomic E-state index is 8.17. The van der Waals surface area contributed by atoms with E-state index in [1.807, 2.05) is 30.7 Å². The van der Waals surface area contributed by atoms with Crippen molar-refractivity contribution in [3.8, 4) is 11.3 Å². The molecule has 0 radical (unpaired) electrons. The molecule has 1 aliphatic rings. The van der Waals surface area contributed by atoms with Crippen molar-refractivity contribution < 1.29 is 12.8 Å². The summed E-state index contributed by atoms with van der Waals surface area (Å²) in [6.45, 7) is -0.944. The van der Waals surface area contributed by atoms with E-state index in [4.69, 9.17) is 8.22 Å². The smallest absolute Gasteiger partial charge is 0.286 e. The number of nitrogens with zero attached hydrogens (tertiary/aromatic N) is 4. The number of aromatic nitrogens is 4. The second-order valence-corrected chi connectivity index (χ2v) is 6.05. The number of allylic oxidation sites excluding steroid dienone is 1. The van der Waals surface area contributed by atoms with Crippen molar-refractivity contribution in [2.75, 3.05) is 0 Å². The predicted octanol–water partition coefficient (Wildman–Crippen LogP) is 3.26. The van der Waals surface area contributed by atoms with Crippen LogP contribution in [0.25, 0.3) is 28.5 Å². The van der Waals surface area contributed by atoms with Gasteiger partial charge in [0.2, 0.25) is 0 Å². The molecule has 0 fully saturated rings. The first-order chi connectivity index (χ1) is 13.4. The molecule has 2 aromatic heterocycles. The van der Waals surface area contributed by atoms with Gasteiger partial charge in [-0.25, -0.2) is 9.55 Å². The molecule has 4 heteroatoms. The van der Waals surface area contributed by atoms with Gasteiger partial charge in [-0.1, -0.05) is 4.98 Å². The first-order valence-corrected chi connectivity index (χ1v) is 7.46. The van der Waals surface area contributed by atoms with E-state index in [1.165, 1.54) is 6.20 Å². The van der Waals surface area contributed by atoms with Gasteiger partial charge < -0.3 is 4.57 Å². The Labute approximate surface area is 144 Å². The van der Waals surface area contributed by atoms with Crippen molar-refractivity contribution in [2.45, 2.75) is 34.0 Å². The molecule has 0 amide bonds. The normalized spacial score (nSPS) is 18.5. The third kappa shape index (κ3) is 2.01. The molecule has 0 saturated heterocycles. The monoisotopic (exact) mass is 311 g/mol. The number of rotatable bonds is 1. The van der Waals surface area contributed by atoms with E-state index in [0.29, 0.717) is 22.4 Å². The third-order valence-corrected chi connectivity index (χ3v) is 4.38. The van der Waals surface area contributed by atoms with Gasteiger partial charge in [-0.15, -0.1) is 0 Å². The first-order valence-electron chi connectivity index (χ1n) is 10.5. The topological polar surface area (TPSA) is 34.6 Å². The van der Waals surface area contributed by atoms with E-state index < -0.39 is 13.7 Å². The van der Waals surface area contributed by atoms with Crippen molar-refractivity contribution >= 4 is 17.2 Å². The molecule has 0 N–H and O–H groups in total. The highest BCUT2D eigenvalue weighted by atomic mass is 15.1. The fraction of sp³-hybridized carbons (Fsp3) is 0.316. The van der Waals surface area contributed by atoms with Crippen molar-refractivity contribution in [3.63, 3.8) is 0 Å². The van der Waals surface area contributed by atoms with E-state index in [1.54, 1.807) is 17.8 Å². The molecule has 0 spiro atoms. The number of fused-ring (bicyclic) bond motifs is 3. The molecular formula is C19H21N4+. The Morgan fingerprint density at radius 3 is 2.87 bits per heavy atom. The molecule has 3 aromatic rings. The molecule has 0 aliphatic carbocycles. The van der Waals surface area contributed by atoms with Gasteiger partial charge in [0.15, 0.2) is 5.69 Å².